The van der Waals surface area contributed by atoms with Gasteiger partial charge in [0, 0.05) is 20.0 Å². The third-order valence-electron chi connectivity index (χ3n) is 2.08. The number of rotatable bonds is 1. The van der Waals surface area contributed by atoms with E-state index < -0.39 is 18.1 Å². The first-order valence-electron chi connectivity index (χ1n) is 4.02. The Kier molecular flexibility index (Phi) is 2.72. The third kappa shape index (κ3) is 1.89. The summed E-state index contributed by atoms with van der Waals surface area (Å²) in [7, 11) is 1.46. The molecule has 1 aliphatic heterocycles. The maximum atomic E-state index is 11.2. The number of β-amino-alcohol motifs (C(OH)–C–C–N with tert-alkyl or cyclic N) is 1. The molecular formula is C7H13N3O3. The summed E-state index contributed by atoms with van der Waals surface area (Å²) in [6.07, 6.45) is -0.433. The number of aliphatic hydroxyl groups excluding tert-OH is 1. The van der Waals surface area contributed by atoms with Crippen molar-refractivity contribution >= 4 is 11.9 Å². The van der Waals surface area contributed by atoms with Crippen LogP contribution in [0.15, 0.2) is 0 Å². The van der Waals surface area contributed by atoms with E-state index in [9.17, 15) is 14.7 Å². The molecule has 0 saturated carbocycles. The smallest absolute Gasteiger partial charge is 0.317 e. The van der Waals surface area contributed by atoms with Gasteiger partial charge in [0.15, 0.2) is 0 Å². The zero-order chi connectivity index (χ0) is 10.0. The maximum absolute atomic E-state index is 11.2. The summed E-state index contributed by atoms with van der Waals surface area (Å²) in [5.41, 5.74) is 5.07. The lowest BCUT2D eigenvalue weighted by atomic mass is 10.2. The van der Waals surface area contributed by atoms with E-state index in [2.05, 4.69) is 5.32 Å². The molecule has 0 aromatic carbocycles. The van der Waals surface area contributed by atoms with E-state index in [0.29, 0.717) is 0 Å². The molecule has 0 bridgehead atoms. The van der Waals surface area contributed by atoms with Gasteiger partial charge in [-0.25, -0.2) is 4.79 Å². The van der Waals surface area contributed by atoms with Gasteiger partial charge >= 0.3 is 6.03 Å². The fraction of sp³-hybridized carbons (Fsp3) is 0.714. The second-order valence-electron chi connectivity index (χ2n) is 3.02. The summed E-state index contributed by atoms with van der Waals surface area (Å²) < 4.78 is 0. The molecule has 0 aromatic rings. The van der Waals surface area contributed by atoms with Crippen molar-refractivity contribution in [1.82, 2.24) is 10.2 Å². The minimum absolute atomic E-state index is 0.160. The fourth-order valence-electron chi connectivity index (χ4n) is 1.45. The molecule has 0 spiro atoms. The van der Waals surface area contributed by atoms with Gasteiger partial charge in [-0.1, -0.05) is 0 Å². The average Bonchev–Trinajstić information content (AvgIpc) is 2.46. The predicted molar refractivity (Wildman–Crippen MR) is 44.8 cm³/mol. The number of urea groups is 1. The molecule has 0 radical (unpaired) electrons. The predicted octanol–water partition coefficient (Wildman–Crippen LogP) is -1.75. The molecule has 1 rings (SSSR count). The molecule has 1 fully saturated rings. The van der Waals surface area contributed by atoms with Crippen molar-refractivity contribution in [1.29, 1.82) is 0 Å². The van der Waals surface area contributed by atoms with Gasteiger partial charge in [0.1, 0.15) is 6.04 Å². The second-order valence-corrected chi connectivity index (χ2v) is 3.02. The summed E-state index contributed by atoms with van der Waals surface area (Å²) in [5.74, 6) is -0.583. The van der Waals surface area contributed by atoms with Crippen LogP contribution < -0.4 is 11.1 Å². The van der Waals surface area contributed by atoms with Crippen molar-refractivity contribution in [2.45, 2.75) is 18.6 Å². The lowest BCUT2D eigenvalue weighted by Crippen LogP contribution is -2.47. The first-order valence-corrected chi connectivity index (χ1v) is 4.02. The number of nitrogens with one attached hydrogen (secondary N) is 1. The van der Waals surface area contributed by atoms with Crippen LogP contribution >= 0.6 is 0 Å². The van der Waals surface area contributed by atoms with Gasteiger partial charge < -0.3 is 21.1 Å². The van der Waals surface area contributed by atoms with Crippen LogP contribution in [0.2, 0.25) is 0 Å². The number of primary amides is 1. The Morgan fingerprint density at radius 3 is 2.69 bits per heavy atom. The van der Waals surface area contributed by atoms with Crippen LogP contribution in [0.3, 0.4) is 0 Å². The van der Waals surface area contributed by atoms with Crippen molar-refractivity contribution in [2.75, 3.05) is 13.6 Å². The minimum atomic E-state index is -0.685. The molecular weight excluding hydrogens is 174 g/mol. The number of amides is 3. The monoisotopic (exact) mass is 187 g/mol. The highest BCUT2D eigenvalue weighted by Crippen LogP contribution is 2.17. The van der Waals surface area contributed by atoms with Gasteiger partial charge in [-0.15, -0.1) is 0 Å². The molecule has 0 aliphatic carbocycles. The van der Waals surface area contributed by atoms with E-state index >= 15 is 0 Å². The van der Waals surface area contributed by atoms with Crippen molar-refractivity contribution in [2.24, 2.45) is 5.73 Å². The highest BCUT2D eigenvalue weighted by molar-refractivity contribution is 5.86. The lowest BCUT2D eigenvalue weighted by Gasteiger charge is -2.20. The summed E-state index contributed by atoms with van der Waals surface area (Å²) in [6.45, 7) is 0.160. The minimum Gasteiger partial charge on any atom is -0.391 e. The molecule has 1 saturated heterocycles. The van der Waals surface area contributed by atoms with Gasteiger partial charge in [-0.05, 0) is 0 Å². The Balaban J connectivity index is 2.71. The van der Waals surface area contributed by atoms with Crippen LogP contribution in [0.1, 0.15) is 6.42 Å². The van der Waals surface area contributed by atoms with Crippen LogP contribution in [0.4, 0.5) is 4.79 Å². The maximum Gasteiger partial charge on any atom is 0.317 e. The molecule has 6 heteroatoms. The van der Waals surface area contributed by atoms with Crippen LogP contribution in [0.5, 0.6) is 0 Å². The quantitative estimate of drug-likeness (QED) is 0.454. The number of aliphatic hydroxyl groups is 1. The van der Waals surface area contributed by atoms with Gasteiger partial charge in [0.2, 0.25) is 5.91 Å². The molecule has 1 heterocycles. The highest BCUT2D eigenvalue weighted by Gasteiger charge is 2.37. The molecule has 0 aromatic heterocycles. The van der Waals surface area contributed by atoms with E-state index in [4.69, 9.17) is 5.73 Å². The first kappa shape index (κ1) is 9.79. The topological polar surface area (TPSA) is 95.7 Å². The SMILES string of the molecule is CNC(=O)N1CC(O)CC1C(N)=O. The van der Waals surface area contributed by atoms with E-state index in [1.54, 1.807) is 0 Å². The number of hydrogen-bond acceptors (Lipinski definition) is 3. The Morgan fingerprint density at radius 2 is 2.23 bits per heavy atom. The molecule has 4 N–H and O–H groups in total. The highest BCUT2D eigenvalue weighted by atomic mass is 16.3. The summed E-state index contributed by atoms with van der Waals surface area (Å²) in [6, 6.07) is -1.07. The number of likely N-dealkylation sites (tertiary alicyclic amines) is 1. The molecule has 3 amide bonds. The second kappa shape index (κ2) is 3.61. The Labute approximate surface area is 75.7 Å². The Bertz CT molecular complexity index is 231. The molecule has 13 heavy (non-hydrogen) atoms. The summed E-state index contributed by atoms with van der Waals surface area (Å²) in [4.78, 5) is 23.3. The van der Waals surface area contributed by atoms with Gasteiger partial charge in [0.05, 0.1) is 6.10 Å². The average molecular weight is 187 g/mol. The fourth-order valence-corrected chi connectivity index (χ4v) is 1.45. The van der Waals surface area contributed by atoms with Crippen LogP contribution in [-0.4, -0.2) is 47.7 Å². The molecule has 6 nitrogen and oxygen atoms in total. The summed E-state index contributed by atoms with van der Waals surface area (Å²) in [5, 5.41) is 11.6. The van der Waals surface area contributed by atoms with E-state index in [-0.39, 0.29) is 19.0 Å². The van der Waals surface area contributed by atoms with Gasteiger partial charge in [0.25, 0.3) is 0 Å². The number of hydrogen-bond donors (Lipinski definition) is 3. The van der Waals surface area contributed by atoms with Crippen molar-refractivity contribution in [3.63, 3.8) is 0 Å². The van der Waals surface area contributed by atoms with Crippen molar-refractivity contribution in [3.05, 3.63) is 0 Å². The number of carbonyl (C=O) groups excluding carboxylic acids is 2. The molecule has 1 aliphatic rings. The number of nitrogens with two attached hydrogens (primary N) is 1. The molecule has 74 valence electrons. The standard InChI is InChI=1S/C7H13N3O3/c1-9-7(13)10-3-4(11)2-5(10)6(8)12/h4-5,11H,2-3H2,1H3,(H2,8,12)(H,9,13). The van der Waals surface area contributed by atoms with E-state index in [1.165, 1.54) is 11.9 Å². The number of carbonyl (C=O) groups is 2. The van der Waals surface area contributed by atoms with E-state index in [0.717, 1.165) is 0 Å². The lowest BCUT2D eigenvalue weighted by molar-refractivity contribution is -0.121. The van der Waals surface area contributed by atoms with E-state index in [1.807, 2.05) is 0 Å². The molecule has 2 atom stereocenters. The third-order valence-corrected chi connectivity index (χ3v) is 2.08. The Hall–Kier alpha value is -1.30. The first-order chi connectivity index (χ1) is 6.06. The summed E-state index contributed by atoms with van der Waals surface area (Å²) >= 11 is 0. The van der Waals surface area contributed by atoms with Crippen LogP contribution in [0, 0.1) is 0 Å². The molecule has 2 unspecified atom stereocenters. The van der Waals surface area contributed by atoms with Gasteiger partial charge in [-0.2, -0.15) is 0 Å². The normalized spacial score (nSPS) is 27.4. The van der Waals surface area contributed by atoms with Crippen molar-refractivity contribution in [3.8, 4) is 0 Å². The van der Waals surface area contributed by atoms with Crippen molar-refractivity contribution < 1.29 is 14.7 Å². The van der Waals surface area contributed by atoms with Crippen LogP contribution in [-0.2, 0) is 4.79 Å². The Morgan fingerprint density at radius 1 is 1.62 bits per heavy atom. The zero-order valence-corrected chi connectivity index (χ0v) is 7.36. The largest absolute Gasteiger partial charge is 0.391 e. The van der Waals surface area contributed by atoms with Crippen LogP contribution in [0.25, 0.3) is 0 Å². The number of nitrogens with zero attached hydrogens (tertiary/aromatic N) is 1. The zero-order valence-electron chi connectivity index (χ0n) is 7.36. The van der Waals surface area contributed by atoms with Gasteiger partial charge in [-0.3, -0.25) is 4.79 Å².